The summed E-state index contributed by atoms with van der Waals surface area (Å²) in [7, 11) is 3.13. The van der Waals surface area contributed by atoms with Gasteiger partial charge < -0.3 is 14.8 Å². The number of aromatic nitrogens is 1. The summed E-state index contributed by atoms with van der Waals surface area (Å²) in [5.41, 5.74) is 3.48. The first-order chi connectivity index (χ1) is 13.1. The van der Waals surface area contributed by atoms with Gasteiger partial charge >= 0.3 is 0 Å². The summed E-state index contributed by atoms with van der Waals surface area (Å²) in [6.45, 7) is 0. The molecule has 6 nitrogen and oxygen atoms in total. The van der Waals surface area contributed by atoms with E-state index >= 15 is 0 Å². The molecule has 3 rings (SSSR count). The average molecular weight is 383 g/mol. The molecule has 27 heavy (non-hydrogen) atoms. The van der Waals surface area contributed by atoms with E-state index < -0.39 is 0 Å². The van der Waals surface area contributed by atoms with E-state index in [4.69, 9.17) is 9.47 Å². The van der Waals surface area contributed by atoms with Crippen LogP contribution in [-0.2, 0) is 17.6 Å². The van der Waals surface area contributed by atoms with Gasteiger partial charge in [0.2, 0.25) is 5.91 Å². The predicted octanol–water partition coefficient (Wildman–Crippen LogP) is 3.58. The Balaban J connectivity index is 1.58. The second-order valence-corrected chi connectivity index (χ2v) is 7.24. The second kappa shape index (κ2) is 8.78. The fraction of sp³-hybridized carbons (Fsp3) is 0.350. The number of nitriles is 1. The van der Waals surface area contributed by atoms with E-state index in [9.17, 15) is 10.1 Å². The van der Waals surface area contributed by atoms with Crippen LogP contribution in [0.1, 0.15) is 29.7 Å². The van der Waals surface area contributed by atoms with Crippen molar-refractivity contribution < 1.29 is 14.3 Å². The van der Waals surface area contributed by atoms with Gasteiger partial charge in [0.15, 0.2) is 0 Å². The molecule has 0 radical (unpaired) electrons. The number of benzene rings is 1. The molecule has 0 saturated heterocycles. The SMILES string of the molecule is COc1cc(NC(=O)CCSc2nc3c(cc2C#N)CCC3)cc(OC)c1. The number of thioether (sulfide) groups is 1. The maximum Gasteiger partial charge on any atom is 0.225 e. The Morgan fingerprint density at radius 2 is 1.96 bits per heavy atom. The molecule has 0 saturated carbocycles. The van der Waals surface area contributed by atoms with Crippen molar-refractivity contribution in [2.45, 2.75) is 30.7 Å². The number of nitrogens with zero attached hydrogens (tertiary/aromatic N) is 2. The molecular formula is C20H21N3O3S. The number of rotatable bonds is 7. The summed E-state index contributed by atoms with van der Waals surface area (Å²) < 4.78 is 10.4. The van der Waals surface area contributed by atoms with Crippen molar-refractivity contribution in [3.05, 3.63) is 41.1 Å². The van der Waals surface area contributed by atoms with Gasteiger partial charge in [0.25, 0.3) is 0 Å². The summed E-state index contributed by atoms with van der Waals surface area (Å²) in [5.74, 6) is 1.66. The van der Waals surface area contributed by atoms with E-state index in [2.05, 4.69) is 16.4 Å². The fourth-order valence-electron chi connectivity index (χ4n) is 2.99. The van der Waals surface area contributed by atoms with E-state index in [0.29, 0.717) is 39.9 Å². The van der Waals surface area contributed by atoms with Crippen LogP contribution in [0.15, 0.2) is 29.3 Å². The highest BCUT2D eigenvalue weighted by Gasteiger charge is 2.17. The molecule has 0 bridgehead atoms. The van der Waals surface area contributed by atoms with Crippen molar-refractivity contribution >= 4 is 23.4 Å². The Morgan fingerprint density at radius 3 is 2.63 bits per heavy atom. The summed E-state index contributed by atoms with van der Waals surface area (Å²) in [6, 6.07) is 9.39. The first kappa shape index (κ1) is 19.1. The first-order valence-corrected chi connectivity index (χ1v) is 9.70. The number of nitrogens with one attached hydrogen (secondary N) is 1. The van der Waals surface area contributed by atoms with E-state index in [1.54, 1.807) is 32.4 Å². The van der Waals surface area contributed by atoms with Crippen LogP contribution in [0.5, 0.6) is 11.5 Å². The summed E-state index contributed by atoms with van der Waals surface area (Å²) in [5, 5.41) is 12.9. The number of amides is 1. The topological polar surface area (TPSA) is 84.2 Å². The standard InChI is InChI=1S/C20H21N3O3S/c1-25-16-9-15(10-17(11-16)26-2)22-19(24)6-7-27-20-14(12-21)8-13-4-3-5-18(13)23-20/h8-11H,3-7H2,1-2H3,(H,22,24). The normalized spacial score (nSPS) is 12.2. The monoisotopic (exact) mass is 383 g/mol. The van der Waals surface area contributed by atoms with E-state index in [1.807, 2.05) is 6.07 Å². The van der Waals surface area contributed by atoms with Gasteiger partial charge in [0.1, 0.15) is 22.6 Å². The predicted molar refractivity (Wildman–Crippen MR) is 104 cm³/mol. The lowest BCUT2D eigenvalue weighted by atomic mass is 10.2. The van der Waals surface area contributed by atoms with Gasteiger partial charge in [-0.2, -0.15) is 5.26 Å². The van der Waals surface area contributed by atoms with E-state index in [1.165, 1.54) is 17.3 Å². The van der Waals surface area contributed by atoms with Gasteiger partial charge in [-0.15, -0.1) is 11.8 Å². The molecule has 140 valence electrons. The molecule has 0 atom stereocenters. The summed E-state index contributed by atoms with van der Waals surface area (Å²) >= 11 is 1.45. The minimum atomic E-state index is -0.113. The largest absolute Gasteiger partial charge is 0.497 e. The Morgan fingerprint density at radius 1 is 1.22 bits per heavy atom. The van der Waals surface area contributed by atoms with Crippen molar-refractivity contribution in [1.82, 2.24) is 4.98 Å². The van der Waals surface area contributed by atoms with Crippen LogP contribution in [-0.4, -0.2) is 30.9 Å². The van der Waals surface area contributed by atoms with Crippen molar-refractivity contribution in [3.63, 3.8) is 0 Å². The Labute approximate surface area is 162 Å². The Bertz CT molecular complexity index is 871. The number of hydrogen-bond donors (Lipinski definition) is 1. The lowest BCUT2D eigenvalue weighted by molar-refractivity contribution is -0.115. The van der Waals surface area contributed by atoms with E-state index in [-0.39, 0.29) is 5.91 Å². The molecule has 1 aromatic heterocycles. The lowest BCUT2D eigenvalue weighted by Crippen LogP contribution is -2.12. The van der Waals surface area contributed by atoms with Crippen LogP contribution >= 0.6 is 11.8 Å². The van der Waals surface area contributed by atoms with Crippen LogP contribution in [0.4, 0.5) is 5.69 Å². The number of methoxy groups -OCH3 is 2. The number of carbonyl (C=O) groups is 1. The van der Waals surface area contributed by atoms with Crippen molar-refractivity contribution in [1.29, 1.82) is 5.26 Å². The number of fused-ring (bicyclic) bond motifs is 1. The van der Waals surface area contributed by atoms with Crippen LogP contribution in [0.3, 0.4) is 0 Å². The summed E-state index contributed by atoms with van der Waals surface area (Å²) in [4.78, 5) is 16.9. The highest BCUT2D eigenvalue weighted by atomic mass is 32.2. The Kier molecular flexibility index (Phi) is 6.20. The molecule has 2 aromatic rings. The number of aryl methyl sites for hydroxylation is 2. The maximum atomic E-state index is 12.3. The number of ether oxygens (including phenoxy) is 2. The number of anilines is 1. The fourth-order valence-corrected chi connectivity index (χ4v) is 3.90. The van der Waals surface area contributed by atoms with Crippen LogP contribution in [0.25, 0.3) is 0 Å². The first-order valence-electron chi connectivity index (χ1n) is 8.71. The smallest absolute Gasteiger partial charge is 0.225 e. The van der Waals surface area contributed by atoms with Crippen molar-refractivity contribution in [2.75, 3.05) is 25.3 Å². The zero-order chi connectivity index (χ0) is 19.2. The third-order valence-corrected chi connectivity index (χ3v) is 5.33. The molecule has 1 N–H and O–H groups in total. The maximum absolute atomic E-state index is 12.3. The van der Waals surface area contributed by atoms with Crippen molar-refractivity contribution in [3.8, 4) is 17.6 Å². The highest BCUT2D eigenvalue weighted by Crippen LogP contribution is 2.29. The molecule has 1 heterocycles. The molecule has 1 aromatic carbocycles. The minimum Gasteiger partial charge on any atom is -0.497 e. The zero-order valence-corrected chi connectivity index (χ0v) is 16.2. The Hall–Kier alpha value is -2.72. The third kappa shape index (κ3) is 4.72. The number of hydrogen-bond acceptors (Lipinski definition) is 6. The molecule has 1 aliphatic rings. The lowest BCUT2D eigenvalue weighted by Gasteiger charge is -2.10. The van der Waals surface area contributed by atoms with Gasteiger partial charge in [-0.05, 0) is 30.9 Å². The van der Waals surface area contributed by atoms with Gasteiger partial charge in [-0.3, -0.25) is 4.79 Å². The van der Waals surface area contributed by atoms with Gasteiger partial charge in [-0.1, -0.05) is 0 Å². The second-order valence-electron chi connectivity index (χ2n) is 6.16. The number of pyridine rings is 1. The zero-order valence-electron chi connectivity index (χ0n) is 15.4. The minimum absolute atomic E-state index is 0.113. The molecule has 0 aliphatic heterocycles. The average Bonchev–Trinajstić information content (AvgIpc) is 3.14. The highest BCUT2D eigenvalue weighted by molar-refractivity contribution is 7.99. The number of carbonyl (C=O) groups excluding carboxylic acids is 1. The molecular weight excluding hydrogens is 362 g/mol. The van der Waals surface area contributed by atoms with Gasteiger partial charge in [-0.25, -0.2) is 4.98 Å². The summed E-state index contributed by atoms with van der Waals surface area (Å²) in [6.07, 6.45) is 3.36. The molecule has 0 spiro atoms. The quantitative estimate of drug-likeness (QED) is 0.736. The van der Waals surface area contributed by atoms with Gasteiger partial charge in [0, 0.05) is 41.8 Å². The van der Waals surface area contributed by atoms with Crippen molar-refractivity contribution in [2.24, 2.45) is 0 Å². The van der Waals surface area contributed by atoms with Crippen LogP contribution < -0.4 is 14.8 Å². The molecule has 1 amide bonds. The molecule has 7 heteroatoms. The third-order valence-electron chi connectivity index (χ3n) is 4.34. The van der Waals surface area contributed by atoms with E-state index in [0.717, 1.165) is 25.0 Å². The van der Waals surface area contributed by atoms with Gasteiger partial charge in [0.05, 0.1) is 19.8 Å². The molecule has 1 aliphatic carbocycles. The molecule has 0 fully saturated rings. The molecule has 0 unspecified atom stereocenters. The van der Waals surface area contributed by atoms with Crippen LogP contribution in [0.2, 0.25) is 0 Å². The van der Waals surface area contributed by atoms with Crippen LogP contribution in [0, 0.1) is 11.3 Å².